The third kappa shape index (κ3) is 25.4. The van der Waals surface area contributed by atoms with Crippen LogP contribution in [0.3, 0.4) is 0 Å². The molecule has 0 aromatic heterocycles. The number of nitrogens with one attached hydrogen (secondary N) is 1. The highest BCUT2D eigenvalue weighted by Gasteiger charge is 2.17. The summed E-state index contributed by atoms with van der Waals surface area (Å²) in [6, 6.07) is 0. The van der Waals surface area contributed by atoms with Crippen molar-refractivity contribution in [2.75, 3.05) is 13.2 Å². The Labute approximate surface area is 189 Å². The molecule has 1 unspecified atom stereocenters. The molecule has 0 aromatic rings. The Morgan fingerprint density at radius 3 is 1.87 bits per heavy atom. The van der Waals surface area contributed by atoms with E-state index in [9.17, 15) is 14.5 Å². The monoisotopic (exact) mass is 463 g/mol. The van der Waals surface area contributed by atoms with E-state index in [1.807, 2.05) is 0 Å². The molecule has 0 heterocycles. The molecule has 0 aromatic carbocycles. The number of allylic oxidation sites excluding steroid dienone is 2. The predicted molar refractivity (Wildman–Crippen MR) is 126 cm³/mol. The van der Waals surface area contributed by atoms with E-state index in [0.717, 1.165) is 19.3 Å². The highest BCUT2D eigenvalue weighted by atomic mass is 31.2. The van der Waals surface area contributed by atoms with Gasteiger partial charge in [-0.05, 0) is 32.1 Å². The molecule has 0 aliphatic rings. The molecule has 0 rings (SSSR count). The van der Waals surface area contributed by atoms with Gasteiger partial charge in [0.1, 0.15) is 0 Å². The van der Waals surface area contributed by atoms with Crippen molar-refractivity contribution < 1.29 is 28.8 Å². The molecule has 0 radical (unpaired) electrons. The third-order valence-corrected chi connectivity index (χ3v) is 5.62. The van der Waals surface area contributed by atoms with Crippen LogP contribution in [-0.4, -0.2) is 40.1 Å². The maximum Gasteiger partial charge on any atom is 0.469 e. The van der Waals surface area contributed by atoms with Crippen LogP contribution in [0.5, 0.6) is 0 Å². The van der Waals surface area contributed by atoms with Crippen LogP contribution in [0.2, 0.25) is 0 Å². The lowest BCUT2D eigenvalue weighted by atomic mass is 10.1. The number of unbranched alkanes of at least 4 members (excludes halogenated alkanes) is 13. The number of phosphoric acid groups is 1. The minimum atomic E-state index is -4.59. The predicted octanol–water partition coefficient (Wildman–Crippen LogP) is 5.39. The van der Waals surface area contributed by atoms with E-state index >= 15 is 0 Å². The van der Waals surface area contributed by atoms with E-state index in [1.54, 1.807) is 0 Å². The largest absolute Gasteiger partial charge is 0.469 e. The minimum Gasteiger partial charge on any atom is -0.389 e. The maximum absolute atomic E-state index is 11.7. The van der Waals surface area contributed by atoms with Crippen LogP contribution in [0.25, 0.3) is 0 Å². The molecule has 0 aliphatic heterocycles. The molecular formula is C23H46NO6P. The first kappa shape index (κ1) is 30.3. The Hall–Kier alpha value is -0.720. The molecular weight excluding hydrogens is 417 g/mol. The fourth-order valence-electron chi connectivity index (χ4n) is 3.27. The summed E-state index contributed by atoms with van der Waals surface area (Å²) in [6.07, 6.45) is 22.4. The number of carbonyl (C=O) groups is 1. The van der Waals surface area contributed by atoms with Crippen molar-refractivity contribution in [2.45, 2.75) is 116 Å². The van der Waals surface area contributed by atoms with Gasteiger partial charge in [-0.2, -0.15) is 0 Å². The van der Waals surface area contributed by atoms with E-state index in [2.05, 4.69) is 28.9 Å². The summed E-state index contributed by atoms with van der Waals surface area (Å²) in [4.78, 5) is 28.8. The molecule has 0 saturated carbocycles. The first-order chi connectivity index (χ1) is 14.8. The second kappa shape index (κ2) is 21.1. The number of aliphatic hydroxyl groups is 1. The van der Waals surface area contributed by atoms with Crippen LogP contribution < -0.4 is 5.32 Å². The van der Waals surface area contributed by atoms with Crippen LogP contribution >= 0.6 is 7.82 Å². The van der Waals surface area contributed by atoms with Crippen LogP contribution in [-0.2, 0) is 13.9 Å². The second-order valence-corrected chi connectivity index (χ2v) is 9.52. The van der Waals surface area contributed by atoms with Crippen molar-refractivity contribution in [3.05, 3.63) is 12.2 Å². The molecule has 7 nitrogen and oxygen atoms in total. The minimum absolute atomic E-state index is 0.0771. The summed E-state index contributed by atoms with van der Waals surface area (Å²) < 4.78 is 14.7. The quantitative estimate of drug-likeness (QED) is 0.0972. The van der Waals surface area contributed by atoms with Crippen molar-refractivity contribution >= 4 is 13.7 Å². The molecule has 0 saturated heterocycles. The summed E-state index contributed by atoms with van der Waals surface area (Å²) in [5, 5.41) is 12.0. The zero-order valence-corrected chi connectivity index (χ0v) is 20.4. The van der Waals surface area contributed by atoms with Crippen molar-refractivity contribution in [1.29, 1.82) is 0 Å². The third-order valence-electron chi connectivity index (χ3n) is 5.14. The van der Waals surface area contributed by atoms with Gasteiger partial charge in [-0.15, -0.1) is 0 Å². The molecule has 0 fully saturated rings. The van der Waals surface area contributed by atoms with Crippen LogP contribution in [0.4, 0.5) is 0 Å². The Morgan fingerprint density at radius 1 is 0.871 bits per heavy atom. The normalized spacial score (nSPS) is 13.0. The van der Waals surface area contributed by atoms with E-state index in [4.69, 9.17) is 9.79 Å². The summed E-state index contributed by atoms with van der Waals surface area (Å²) in [7, 11) is -4.59. The molecule has 184 valence electrons. The topological polar surface area (TPSA) is 116 Å². The van der Waals surface area contributed by atoms with Crippen LogP contribution in [0.1, 0.15) is 110 Å². The number of aliphatic hydroxyl groups excluding tert-OH is 1. The molecule has 4 N–H and O–H groups in total. The van der Waals surface area contributed by atoms with Gasteiger partial charge in [0.2, 0.25) is 5.91 Å². The van der Waals surface area contributed by atoms with E-state index in [0.29, 0.717) is 6.42 Å². The number of carbonyl (C=O) groups excluding carboxylic acids is 1. The molecule has 1 atom stereocenters. The molecule has 0 aliphatic carbocycles. The molecule has 0 bridgehead atoms. The van der Waals surface area contributed by atoms with Gasteiger partial charge in [0.15, 0.2) is 0 Å². The molecule has 0 spiro atoms. The number of amides is 1. The fraction of sp³-hybridized carbons (Fsp3) is 0.870. The van der Waals surface area contributed by atoms with Gasteiger partial charge in [0.25, 0.3) is 0 Å². The SMILES string of the molecule is CCCCCCCC/C=C\CCCCCCCCCC(=O)NCC(O)COP(=O)(O)O. The first-order valence-corrected chi connectivity index (χ1v) is 13.7. The van der Waals surface area contributed by atoms with Crippen molar-refractivity contribution in [3.63, 3.8) is 0 Å². The lowest BCUT2D eigenvalue weighted by molar-refractivity contribution is -0.121. The zero-order valence-electron chi connectivity index (χ0n) is 19.5. The van der Waals surface area contributed by atoms with Crippen molar-refractivity contribution in [2.24, 2.45) is 0 Å². The summed E-state index contributed by atoms with van der Waals surface area (Å²) in [6.45, 7) is 1.66. The van der Waals surface area contributed by atoms with Crippen molar-refractivity contribution in [1.82, 2.24) is 5.32 Å². The molecule has 1 amide bonds. The summed E-state index contributed by atoms with van der Waals surface area (Å²) in [5.74, 6) is -0.164. The molecule has 31 heavy (non-hydrogen) atoms. The van der Waals surface area contributed by atoms with Crippen LogP contribution in [0.15, 0.2) is 12.2 Å². The van der Waals surface area contributed by atoms with Gasteiger partial charge >= 0.3 is 7.82 Å². The fourth-order valence-corrected chi connectivity index (χ4v) is 3.64. The van der Waals surface area contributed by atoms with Gasteiger partial charge in [-0.3, -0.25) is 9.32 Å². The maximum atomic E-state index is 11.7. The number of phosphoric ester groups is 1. The zero-order chi connectivity index (χ0) is 23.2. The van der Waals surface area contributed by atoms with Crippen LogP contribution in [0, 0.1) is 0 Å². The van der Waals surface area contributed by atoms with E-state index < -0.39 is 20.5 Å². The summed E-state index contributed by atoms with van der Waals surface area (Å²) >= 11 is 0. The van der Waals surface area contributed by atoms with E-state index in [-0.39, 0.29) is 12.5 Å². The van der Waals surface area contributed by atoms with Gasteiger partial charge < -0.3 is 20.2 Å². The second-order valence-electron chi connectivity index (χ2n) is 8.29. The summed E-state index contributed by atoms with van der Waals surface area (Å²) in [5.41, 5.74) is 0. The number of hydrogen-bond acceptors (Lipinski definition) is 4. The van der Waals surface area contributed by atoms with Gasteiger partial charge in [-0.25, -0.2) is 4.57 Å². The lowest BCUT2D eigenvalue weighted by Gasteiger charge is -2.12. The number of rotatable bonds is 22. The molecule has 8 heteroatoms. The smallest absolute Gasteiger partial charge is 0.389 e. The Bertz CT molecular complexity index is 494. The van der Waals surface area contributed by atoms with Gasteiger partial charge in [0.05, 0.1) is 12.7 Å². The highest BCUT2D eigenvalue weighted by molar-refractivity contribution is 7.46. The average molecular weight is 464 g/mol. The van der Waals surface area contributed by atoms with E-state index in [1.165, 1.54) is 77.0 Å². The Morgan fingerprint density at radius 2 is 1.35 bits per heavy atom. The lowest BCUT2D eigenvalue weighted by Crippen LogP contribution is -2.34. The van der Waals surface area contributed by atoms with Crippen molar-refractivity contribution in [3.8, 4) is 0 Å². The van der Waals surface area contributed by atoms with Gasteiger partial charge in [0, 0.05) is 13.0 Å². The standard InChI is InChI=1S/C23H46NO6P/c1-2-3-4-5-6-7-8-9-10-11-12-13-14-15-16-17-18-19-23(26)24-20-22(25)21-30-31(27,28)29/h9-10,22,25H,2-8,11-21H2,1H3,(H,24,26)(H2,27,28,29)/b10-9-. The Balaban J connectivity index is 3.34. The Kier molecular flexibility index (Phi) is 20.7. The van der Waals surface area contributed by atoms with Gasteiger partial charge in [-0.1, -0.05) is 83.3 Å². The number of hydrogen-bond donors (Lipinski definition) is 4. The highest BCUT2D eigenvalue weighted by Crippen LogP contribution is 2.35. The first-order valence-electron chi connectivity index (χ1n) is 12.1. The average Bonchev–Trinajstić information content (AvgIpc) is 2.72.